The molecule has 0 aromatic rings. The molecule has 12 heavy (non-hydrogen) atoms. The van der Waals surface area contributed by atoms with E-state index in [1.165, 1.54) is 0 Å². The Bertz CT molecular complexity index is 148. The van der Waals surface area contributed by atoms with Crippen LogP contribution < -0.4 is 5.73 Å². The second kappa shape index (κ2) is 5.08. The van der Waals surface area contributed by atoms with Gasteiger partial charge >= 0.3 is 5.97 Å². The number of aliphatic hydroxyl groups excluding tert-OH is 1. The van der Waals surface area contributed by atoms with E-state index in [2.05, 4.69) is 0 Å². The summed E-state index contributed by atoms with van der Waals surface area (Å²) in [5, 5.41) is 17.5. The first-order valence-electron chi connectivity index (χ1n) is 3.73. The van der Waals surface area contributed by atoms with Crippen molar-refractivity contribution >= 4 is 5.97 Å². The van der Waals surface area contributed by atoms with Crippen LogP contribution in [-0.2, 0) is 9.53 Å². The number of nitrogens with two attached hydrogens (primary N) is 1. The topological polar surface area (TPSA) is 92.8 Å². The van der Waals surface area contributed by atoms with Gasteiger partial charge in [-0.2, -0.15) is 0 Å². The summed E-state index contributed by atoms with van der Waals surface area (Å²) in [7, 11) is 0. The van der Waals surface area contributed by atoms with Crippen LogP contribution in [0.25, 0.3) is 0 Å². The van der Waals surface area contributed by atoms with E-state index < -0.39 is 18.1 Å². The first kappa shape index (κ1) is 11.4. The molecule has 0 heterocycles. The molecular weight excluding hydrogens is 162 g/mol. The minimum atomic E-state index is -1.27. The van der Waals surface area contributed by atoms with Crippen molar-refractivity contribution in [1.82, 2.24) is 0 Å². The average Bonchev–Trinajstić information content (AvgIpc) is 1.98. The highest BCUT2D eigenvalue weighted by molar-refractivity contribution is 5.73. The van der Waals surface area contributed by atoms with Crippen molar-refractivity contribution in [2.45, 2.75) is 32.1 Å². The smallest absolute Gasteiger partial charge is 0.323 e. The molecule has 0 amide bonds. The molecule has 0 saturated carbocycles. The Kier molecular flexibility index (Phi) is 4.80. The molecule has 0 spiro atoms. The Morgan fingerprint density at radius 3 is 2.42 bits per heavy atom. The van der Waals surface area contributed by atoms with E-state index in [0.29, 0.717) is 0 Å². The summed E-state index contributed by atoms with van der Waals surface area (Å²) in [6.07, 6.45) is -1.19. The van der Waals surface area contributed by atoms with Crippen LogP contribution in [0.1, 0.15) is 13.8 Å². The zero-order valence-corrected chi connectivity index (χ0v) is 7.23. The number of ether oxygens (including phenoxy) is 1. The third-order valence-electron chi connectivity index (χ3n) is 1.30. The predicted molar refractivity (Wildman–Crippen MR) is 42.7 cm³/mol. The van der Waals surface area contributed by atoms with Gasteiger partial charge in [-0.3, -0.25) is 4.79 Å². The van der Waals surface area contributed by atoms with Crippen molar-refractivity contribution in [2.24, 2.45) is 5.73 Å². The van der Waals surface area contributed by atoms with E-state index in [1.54, 1.807) is 13.8 Å². The van der Waals surface area contributed by atoms with E-state index in [0.717, 1.165) is 0 Å². The molecule has 0 fully saturated rings. The monoisotopic (exact) mass is 177 g/mol. The summed E-state index contributed by atoms with van der Waals surface area (Å²) < 4.78 is 4.98. The quantitative estimate of drug-likeness (QED) is 0.510. The van der Waals surface area contributed by atoms with Gasteiger partial charge in [0.25, 0.3) is 0 Å². The molecule has 72 valence electrons. The number of carboxylic acid groups (broad SMARTS) is 1. The second-order valence-corrected chi connectivity index (χ2v) is 2.81. The number of hydrogen-bond acceptors (Lipinski definition) is 4. The van der Waals surface area contributed by atoms with E-state index in [9.17, 15) is 4.79 Å². The Balaban J connectivity index is 3.71. The van der Waals surface area contributed by atoms with Gasteiger partial charge in [0.1, 0.15) is 12.1 Å². The first-order chi connectivity index (χ1) is 5.45. The molecule has 0 saturated heterocycles. The Morgan fingerprint density at radius 1 is 1.58 bits per heavy atom. The Hall–Kier alpha value is -0.650. The minimum Gasteiger partial charge on any atom is -0.480 e. The van der Waals surface area contributed by atoms with Gasteiger partial charge in [-0.1, -0.05) is 0 Å². The fourth-order valence-corrected chi connectivity index (χ4v) is 0.559. The summed E-state index contributed by atoms with van der Waals surface area (Å²) in [6, 6.07) is -1.27. The van der Waals surface area contributed by atoms with Crippen molar-refractivity contribution < 1.29 is 19.7 Å². The molecular formula is C7H15NO4. The van der Waals surface area contributed by atoms with E-state index in [4.69, 9.17) is 20.7 Å². The van der Waals surface area contributed by atoms with Crippen molar-refractivity contribution in [3.8, 4) is 0 Å². The van der Waals surface area contributed by atoms with Gasteiger partial charge in [0.15, 0.2) is 0 Å². The summed E-state index contributed by atoms with van der Waals surface area (Å²) in [5.41, 5.74) is 5.12. The van der Waals surface area contributed by atoms with Crippen molar-refractivity contribution in [2.75, 3.05) is 6.61 Å². The van der Waals surface area contributed by atoms with Gasteiger partial charge in [-0.05, 0) is 13.8 Å². The lowest BCUT2D eigenvalue weighted by Gasteiger charge is -2.16. The predicted octanol–water partition coefficient (Wildman–Crippen LogP) is -0.816. The molecule has 0 aliphatic heterocycles. The van der Waals surface area contributed by atoms with E-state index in [-0.39, 0.29) is 12.7 Å². The molecule has 0 bridgehead atoms. The molecule has 5 nitrogen and oxygen atoms in total. The van der Waals surface area contributed by atoms with Gasteiger partial charge in [0, 0.05) is 0 Å². The van der Waals surface area contributed by atoms with Crippen molar-refractivity contribution in [3.63, 3.8) is 0 Å². The van der Waals surface area contributed by atoms with Crippen LogP contribution in [0.15, 0.2) is 0 Å². The first-order valence-corrected chi connectivity index (χ1v) is 3.73. The third-order valence-corrected chi connectivity index (χ3v) is 1.30. The maximum atomic E-state index is 10.2. The second-order valence-electron chi connectivity index (χ2n) is 2.81. The highest BCUT2D eigenvalue weighted by Crippen LogP contribution is 1.95. The van der Waals surface area contributed by atoms with E-state index in [1.807, 2.05) is 0 Å². The lowest BCUT2D eigenvalue weighted by atomic mass is 10.2. The number of carboxylic acids is 1. The molecule has 0 aromatic heterocycles. The van der Waals surface area contributed by atoms with Gasteiger partial charge < -0.3 is 20.7 Å². The maximum Gasteiger partial charge on any atom is 0.323 e. The van der Waals surface area contributed by atoms with Crippen LogP contribution >= 0.6 is 0 Å². The maximum absolute atomic E-state index is 10.2. The molecule has 0 aliphatic carbocycles. The van der Waals surface area contributed by atoms with Crippen LogP contribution in [0.2, 0.25) is 0 Å². The molecule has 0 aliphatic rings. The molecule has 0 rings (SSSR count). The van der Waals surface area contributed by atoms with Gasteiger partial charge in [-0.15, -0.1) is 0 Å². The zero-order chi connectivity index (χ0) is 9.72. The minimum absolute atomic E-state index is 0.0411. The van der Waals surface area contributed by atoms with Gasteiger partial charge in [0.2, 0.25) is 0 Å². The highest BCUT2D eigenvalue weighted by atomic mass is 16.5. The number of carbonyl (C=O) groups is 1. The van der Waals surface area contributed by atoms with Crippen LogP contribution in [0.5, 0.6) is 0 Å². The SMILES string of the molecule is CC(C)OCC(O)C(N)C(=O)O. The third kappa shape index (κ3) is 4.27. The van der Waals surface area contributed by atoms with Crippen molar-refractivity contribution in [1.29, 1.82) is 0 Å². The zero-order valence-electron chi connectivity index (χ0n) is 7.23. The molecule has 4 N–H and O–H groups in total. The summed E-state index contributed by atoms with van der Waals surface area (Å²) in [6.45, 7) is 3.53. The van der Waals surface area contributed by atoms with Crippen molar-refractivity contribution in [3.05, 3.63) is 0 Å². The molecule has 2 atom stereocenters. The van der Waals surface area contributed by atoms with Gasteiger partial charge in [-0.25, -0.2) is 0 Å². The molecule has 2 unspecified atom stereocenters. The Morgan fingerprint density at radius 2 is 2.08 bits per heavy atom. The van der Waals surface area contributed by atoms with Crippen LogP contribution in [0.3, 0.4) is 0 Å². The number of aliphatic carboxylic acids is 1. The summed E-state index contributed by atoms with van der Waals surface area (Å²) >= 11 is 0. The standard InChI is InChI=1S/C7H15NO4/c1-4(2)12-3-5(9)6(8)7(10)11/h4-6,9H,3,8H2,1-2H3,(H,10,11). The Labute approximate surface area is 71.1 Å². The summed E-state index contributed by atoms with van der Waals surface area (Å²) in [5.74, 6) is -1.23. The van der Waals surface area contributed by atoms with E-state index >= 15 is 0 Å². The number of hydrogen-bond donors (Lipinski definition) is 3. The molecule has 0 radical (unpaired) electrons. The normalized spacial score (nSPS) is 16.1. The summed E-state index contributed by atoms with van der Waals surface area (Å²) in [4.78, 5) is 10.2. The van der Waals surface area contributed by atoms with Crippen LogP contribution in [0.4, 0.5) is 0 Å². The van der Waals surface area contributed by atoms with Crippen LogP contribution in [0, 0.1) is 0 Å². The van der Waals surface area contributed by atoms with Gasteiger partial charge in [0.05, 0.1) is 12.7 Å². The number of rotatable bonds is 5. The number of aliphatic hydroxyl groups is 1. The van der Waals surface area contributed by atoms with Crippen LogP contribution in [-0.4, -0.2) is 41.0 Å². The largest absolute Gasteiger partial charge is 0.480 e. The molecule has 5 heteroatoms. The molecule has 0 aromatic carbocycles. The fourth-order valence-electron chi connectivity index (χ4n) is 0.559. The average molecular weight is 177 g/mol. The lowest BCUT2D eigenvalue weighted by molar-refractivity contribution is -0.142. The fraction of sp³-hybridized carbons (Fsp3) is 0.857. The lowest BCUT2D eigenvalue weighted by Crippen LogP contribution is -2.44. The highest BCUT2D eigenvalue weighted by Gasteiger charge is 2.21.